The van der Waals surface area contributed by atoms with E-state index in [1.165, 1.54) is 12.1 Å². The van der Waals surface area contributed by atoms with Gasteiger partial charge in [0.2, 0.25) is 0 Å². The van der Waals surface area contributed by atoms with Gasteiger partial charge in [0.05, 0.1) is 28.4 Å². The Labute approximate surface area is 207 Å². The molecule has 2 bridgehead atoms. The average Bonchev–Trinajstić information content (AvgIpc) is 2.79. The third-order valence-corrected chi connectivity index (χ3v) is 6.18. The minimum Gasteiger partial charge on any atom is -0.484 e. The van der Waals surface area contributed by atoms with E-state index in [0.29, 0.717) is 11.9 Å². The van der Waals surface area contributed by atoms with E-state index < -0.39 is 54.2 Å². The normalized spacial score (nSPS) is 20.9. The number of fused-ring (bicyclic) bond motifs is 2. The van der Waals surface area contributed by atoms with Crippen molar-refractivity contribution < 1.29 is 41.7 Å². The van der Waals surface area contributed by atoms with Gasteiger partial charge in [-0.05, 0) is 36.6 Å². The summed E-state index contributed by atoms with van der Waals surface area (Å²) in [5, 5.41) is 15.9. The lowest BCUT2D eigenvalue weighted by Gasteiger charge is -2.52. The SMILES string of the molecule is O=C(COc1ccc(Cl)c(F)c1)NC1=C2CC(NC(=O)COc3cncc(C(F)(F)F)c3)(C2)C(O)C1. The van der Waals surface area contributed by atoms with Crippen molar-refractivity contribution in [2.75, 3.05) is 13.2 Å². The minimum atomic E-state index is -4.60. The van der Waals surface area contributed by atoms with Crippen LogP contribution in [0, 0.1) is 5.82 Å². The summed E-state index contributed by atoms with van der Waals surface area (Å²) in [6.45, 7) is -0.958. The Hall–Kier alpha value is -3.38. The van der Waals surface area contributed by atoms with Crippen LogP contribution in [-0.2, 0) is 15.8 Å². The first-order chi connectivity index (χ1) is 16.9. The van der Waals surface area contributed by atoms with Gasteiger partial charge in [0.25, 0.3) is 11.8 Å². The van der Waals surface area contributed by atoms with E-state index in [9.17, 15) is 32.3 Å². The Morgan fingerprint density at radius 1 is 1.11 bits per heavy atom. The number of amides is 2. The number of carbonyl (C=O) groups excluding carboxylic acids is 2. The molecule has 2 aromatic rings. The second kappa shape index (κ2) is 9.94. The van der Waals surface area contributed by atoms with Crippen molar-refractivity contribution in [3.63, 3.8) is 0 Å². The smallest absolute Gasteiger partial charge is 0.418 e. The first-order valence-corrected chi connectivity index (χ1v) is 11.1. The van der Waals surface area contributed by atoms with Gasteiger partial charge in [-0.2, -0.15) is 13.2 Å². The zero-order chi connectivity index (χ0) is 26.1. The molecule has 3 N–H and O–H groups in total. The monoisotopic (exact) mass is 529 g/mol. The molecule has 1 aromatic carbocycles. The highest BCUT2D eigenvalue weighted by Gasteiger charge is 2.52. The Kier molecular flexibility index (Phi) is 7.10. The Morgan fingerprint density at radius 2 is 1.81 bits per heavy atom. The lowest BCUT2D eigenvalue weighted by molar-refractivity contribution is -0.138. The molecular weight excluding hydrogens is 510 g/mol. The topological polar surface area (TPSA) is 110 Å². The van der Waals surface area contributed by atoms with E-state index in [1.807, 2.05) is 0 Å². The molecule has 1 atom stereocenters. The molecule has 3 aliphatic rings. The second-order valence-electron chi connectivity index (χ2n) is 8.47. The molecule has 1 saturated carbocycles. The number of rotatable bonds is 8. The van der Waals surface area contributed by atoms with Crippen LogP contribution in [0.25, 0.3) is 0 Å². The molecule has 0 saturated heterocycles. The molecule has 5 rings (SSSR count). The van der Waals surface area contributed by atoms with Crippen molar-refractivity contribution in [1.82, 2.24) is 15.6 Å². The molecule has 1 heterocycles. The Bertz CT molecular complexity index is 1210. The van der Waals surface area contributed by atoms with Crippen molar-refractivity contribution in [2.45, 2.75) is 37.1 Å². The maximum atomic E-state index is 13.5. The number of benzene rings is 1. The van der Waals surface area contributed by atoms with Gasteiger partial charge >= 0.3 is 6.18 Å². The van der Waals surface area contributed by atoms with Crippen molar-refractivity contribution in [1.29, 1.82) is 0 Å². The highest BCUT2D eigenvalue weighted by molar-refractivity contribution is 6.30. The van der Waals surface area contributed by atoms with Crippen LogP contribution in [0.3, 0.4) is 0 Å². The van der Waals surface area contributed by atoms with E-state index in [0.717, 1.165) is 23.9 Å². The van der Waals surface area contributed by atoms with E-state index in [2.05, 4.69) is 15.6 Å². The maximum Gasteiger partial charge on any atom is 0.418 e. The van der Waals surface area contributed by atoms with Gasteiger partial charge in [-0.3, -0.25) is 14.6 Å². The van der Waals surface area contributed by atoms with E-state index in [1.54, 1.807) is 0 Å². The summed E-state index contributed by atoms with van der Waals surface area (Å²) in [6.07, 6.45) is -3.28. The van der Waals surface area contributed by atoms with Gasteiger partial charge in [-0.15, -0.1) is 0 Å². The molecular formula is C23H20ClF4N3O5. The molecule has 3 aliphatic carbocycles. The quantitative estimate of drug-likeness (QED) is 0.453. The number of hydrogen-bond acceptors (Lipinski definition) is 6. The van der Waals surface area contributed by atoms with E-state index in [-0.39, 0.29) is 35.8 Å². The molecule has 1 unspecified atom stereocenters. The highest BCUT2D eigenvalue weighted by Crippen LogP contribution is 2.47. The molecule has 0 radical (unpaired) electrons. The first kappa shape index (κ1) is 25.7. The minimum absolute atomic E-state index is 0.0648. The van der Waals surface area contributed by atoms with Crippen molar-refractivity contribution in [3.8, 4) is 11.5 Å². The van der Waals surface area contributed by atoms with Crippen LogP contribution < -0.4 is 20.1 Å². The van der Waals surface area contributed by atoms with Crippen LogP contribution in [-0.4, -0.2) is 46.8 Å². The first-order valence-electron chi connectivity index (χ1n) is 10.7. The number of hydrogen-bond donors (Lipinski definition) is 3. The summed E-state index contributed by atoms with van der Waals surface area (Å²) in [5.74, 6) is -1.90. The van der Waals surface area contributed by atoms with Crippen LogP contribution in [0.1, 0.15) is 24.8 Å². The number of aliphatic hydroxyl groups is 1. The lowest BCUT2D eigenvalue weighted by Crippen LogP contribution is -2.65. The molecule has 192 valence electrons. The number of nitrogens with zero attached hydrogens (tertiary/aromatic N) is 1. The summed E-state index contributed by atoms with van der Waals surface area (Å²) in [5.41, 5.74) is -0.612. The molecule has 0 aliphatic heterocycles. The van der Waals surface area contributed by atoms with Crippen LogP contribution in [0.4, 0.5) is 17.6 Å². The Morgan fingerprint density at radius 3 is 2.47 bits per heavy atom. The van der Waals surface area contributed by atoms with Crippen molar-refractivity contribution in [3.05, 3.63) is 64.3 Å². The molecule has 2 amide bonds. The summed E-state index contributed by atoms with van der Waals surface area (Å²) in [6, 6.07) is 4.51. The summed E-state index contributed by atoms with van der Waals surface area (Å²) in [7, 11) is 0. The number of ether oxygens (including phenoxy) is 2. The number of halogens is 5. The number of aromatic nitrogens is 1. The molecule has 0 spiro atoms. The second-order valence-corrected chi connectivity index (χ2v) is 8.88. The van der Waals surface area contributed by atoms with Crippen molar-refractivity contribution >= 4 is 23.4 Å². The van der Waals surface area contributed by atoms with Gasteiger partial charge in [0.1, 0.15) is 17.3 Å². The van der Waals surface area contributed by atoms with Crippen LogP contribution in [0.5, 0.6) is 11.5 Å². The number of alkyl halides is 3. The van der Waals surface area contributed by atoms with E-state index >= 15 is 0 Å². The largest absolute Gasteiger partial charge is 0.484 e. The number of pyridine rings is 1. The number of nitrogens with one attached hydrogen (secondary N) is 2. The Balaban J connectivity index is 1.27. The summed E-state index contributed by atoms with van der Waals surface area (Å²) in [4.78, 5) is 28.0. The third kappa shape index (κ3) is 5.71. The van der Waals surface area contributed by atoms with Gasteiger partial charge in [-0.1, -0.05) is 11.6 Å². The molecule has 1 fully saturated rings. The number of carbonyl (C=O) groups is 2. The highest BCUT2D eigenvalue weighted by atomic mass is 35.5. The van der Waals surface area contributed by atoms with E-state index in [4.69, 9.17) is 21.1 Å². The fourth-order valence-corrected chi connectivity index (χ4v) is 4.16. The average molecular weight is 530 g/mol. The molecule has 1 aromatic heterocycles. The third-order valence-electron chi connectivity index (χ3n) is 5.87. The van der Waals surface area contributed by atoms with Crippen LogP contribution >= 0.6 is 11.6 Å². The predicted octanol–water partition coefficient (Wildman–Crippen LogP) is 3.13. The fourth-order valence-electron chi connectivity index (χ4n) is 4.04. The molecule has 8 nitrogen and oxygen atoms in total. The van der Waals surface area contributed by atoms with Gasteiger partial charge < -0.3 is 25.2 Å². The summed E-state index contributed by atoms with van der Waals surface area (Å²) >= 11 is 5.60. The standard InChI is InChI=1S/C23H20ClF4N3O5/c24-16-2-1-14(4-17(16)25)35-10-20(33)30-18-5-19(32)22(6-12(18)7-22)31-21(34)11-36-15-3-13(8-29-9-15)23(26,27)28/h1-4,8-9,19,32H,5-7,10-11H2,(H,30,33)(H,31,34). The molecule has 13 heteroatoms. The zero-order valence-corrected chi connectivity index (χ0v) is 19.3. The predicted molar refractivity (Wildman–Crippen MR) is 118 cm³/mol. The summed E-state index contributed by atoms with van der Waals surface area (Å²) < 4.78 is 62.2. The van der Waals surface area contributed by atoms with Gasteiger partial charge in [0.15, 0.2) is 13.2 Å². The van der Waals surface area contributed by atoms with Crippen LogP contribution in [0.2, 0.25) is 5.02 Å². The zero-order valence-electron chi connectivity index (χ0n) is 18.5. The fraction of sp³-hybridized carbons (Fsp3) is 0.348. The number of aliphatic hydroxyl groups excluding tert-OH is 1. The maximum absolute atomic E-state index is 13.5. The van der Waals surface area contributed by atoms with Crippen LogP contribution in [0.15, 0.2) is 47.9 Å². The molecule has 36 heavy (non-hydrogen) atoms. The lowest BCUT2D eigenvalue weighted by atomic mass is 9.62. The van der Waals surface area contributed by atoms with Gasteiger partial charge in [0, 0.05) is 24.4 Å². The van der Waals surface area contributed by atoms with Crippen molar-refractivity contribution in [2.24, 2.45) is 0 Å². The van der Waals surface area contributed by atoms with Gasteiger partial charge in [-0.25, -0.2) is 4.39 Å².